The molecule has 20 heavy (non-hydrogen) atoms. The maximum Gasteiger partial charge on any atom is 0.343 e. The van der Waals surface area contributed by atoms with Crippen molar-refractivity contribution in [2.45, 2.75) is 51.6 Å². The van der Waals surface area contributed by atoms with Crippen molar-refractivity contribution in [3.8, 4) is 0 Å². The van der Waals surface area contributed by atoms with Crippen molar-refractivity contribution >= 4 is 0 Å². The minimum Gasteiger partial charge on any atom is -0.277 e. The molecule has 0 amide bonds. The van der Waals surface area contributed by atoms with Crippen LogP contribution in [0.4, 0.5) is 0 Å². The zero-order valence-corrected chi connectivity index (χ0v) is 11.8. The van der Waals surface area contributed by atoms with Crippen LogP contribution < -0.4 is 5.69 Å². The Balaban J connectivity index is 1.83. The molecule has 2 aromatic heterocycles. The molecule has 3 rings (SSSR count). The Bertz CT molecular complexity index is 591. The summed E-state index contributed by atoms with van der Waals surface area (Å²) in [6.45, 7) is 2.79. The third-order valence-corrected chi connectivity index (χ3v) is 4.25. The zero-order chi connectivity index (χ0) is 13.9. The number of aromatic amines is 1. The van der Waals surface area contributed by atoms with Gasteiger partial charge in [-0.1, -0.05) is 19.3 Å². The van der Waals surface area contributed by atoms with Crippen LogP contribution in [0.25, 0.3) is 0 Å². The van der Waals surface area contributed by atoms with Gasteiger partial charge in [0.25, 0.3) is 0 Å². The third kappa shape index (κ3) is 2.55. The first-order valence-corrected chi connectivity index (χ1v) is 7.40. The van der Waals surface area contributed by atoms with E-state index in [2.05, 4.69) is 15.3 Å². The Morgan fingerprint density at radius 3 is 2.90 bits per heavy atom. The predicted molar refractivity (Wildman–Crippen MR) is 75.5 cm³/mol. The highest BCUT2D eigenvalue weighted by molar-refractivity contribution is 4.97. The van der Waals surface area contributed by atoms with Crippen LogP contribution in [-0.4, -0.2) is 24.5 Å². The van der Waals surface area contributed by atoms with Crippen LogP contribution in [-0.2, 0) is 6.54 Å². The van der Waals surface area contributed by atoms with E-state index in [9.17, 15) is 4.79 Å². The van der Waals surface area contributed by atoms with Crippen molar-refractivity contribution in [1.82, 2.24) is 24.5 Å². The standard InChI is InChI=1S/C14H21N5O/c1-11(19-9-5-8-15-19)13-16-17-14(20)18(13)10-12-6-3-2-4-7-12/h5,8-9,11-12H,2-4,6-7,10H2,1H3,(H,17,20). The Hall–Kier alpha value is -1.85. The second-order valence-electron chi connectivity index (χ2n) is 5.66. The van der Waals surface area contributed by atoms with Crippen molar-refractivity contribution < 1.29 is 0 Å². The van der Waals surface area contributed by atoms with Crippen LogP contribution in [0.15, 0.2) is 23.3 Å². The third-order valence-electron chi connectivity index (χ3n) is 4.25. The van der Waals surface area contributed by atoms with Crippen molar-refractivity contribution in [3.05, 3.63) is 34.8 Å². The zero-order valence-electron chi connectivity index (χ0n) is 11.8. The number of hydrogen-bond donors (Lipinski definition) is 1. The molecule has 0 aliphatic heterocycles. The number of rotatable bonds is 4. The van der Waals surface area contributed by atoms with Gasteiger partial charge in [0.2, 0.25) is 0 Å². The lowest BCUT2D eigenvalue weighted by atomic mass is 9.89. The van der Waals surface area contributed by atoms with Crippen LogP contribution in [0.5, 0.6) is 0 Å². The van der Waals surface area contributed by atoms with E-state index in [1.807, 2.05) is 23.9 Å². The first-order chi connectivity index (χ1) is 9.75. The first-order valence-electron chi connectivity index (χ1n) is 7.40. The van der Waals surface area contributed by atoms with Crippen molar-refractivity contribution in [1.29, 1.82) is 0 Å². The van der Waals surface area contributed by atoms with E-state index >= 15 is 0 Å². The van der Waals surface area contributed by atoms with Gasteiger partial charge >= 0.3 is 5.69 Å². The minimum atomic E-state index is -0.107. The van der Waals surface area contributed by atoms with E-state index in [1.54, 1.807) is 10.8 Å². The number of aromatic nitrogens is 5. The minimum absolute atomic E-state index is 0.0347. The smallest absolute Gasteiger partial charge is 0.277 e. The highest BCUT2D eigenvalue weighted by Crippen LogP contribution is 2.25. The molecule has 0 radical (unpaired) electrons. The Morgan fingerprint density at radius 1 is 1.40 bits per heavy atom. The van der Waals surface area contributed by atoms with E-state index in [-0.39, 0.29) is 11.7 Å². The molecule has 0 spiro atoms. The molecule has 1 N–H and O–H groups in total. The molecular weight excluding hydrogens is 254 g/mol. The molecule has 108 valence electrons. The fourth-order valence-corrected chi connectivity index (χ4v) is 3.08. The maximum atomic E-state index is 12.0. The first kappa shape index (κ1) is 13.1. The normalized spacial score (nSPS) is 18.2. The largest absolute Gasteiger partial charge is 0.343 e. The molecule has 2 aromatic rings. The maximum absolute atomic E-state index is 12.0. The van der Waals surface area contributed by atoms with E-state index in [0.29, 0.717) is 5.92 Å². The van der Waals surface area contributed by atoms with Gasteiger partial charge in [0.05, 0.1) is 0 Å². The van der Waals surface area contributed by atoms with Crippen LogP contribution >= 0.6 is 0 Å². The van der Waals surface area contributed by atoms with Gasteiger partial charge in [-0.2, -0.15) is 10.2 Å². The molecule has 6 heteroatoms. The summed E-state index contributed by atoms with van der Waals surface area (Å²) in [5, 5.41) is 11.0. The van der Waals surface area contributed by atoms with Crippen molar-refractivity contribution in [2.24, 2.45) is 5.92 Å². The summed E-state index contributed by atoms with van der Waals surface area (Å²) in [4.78, 5) is 12.0. The van der Waals surface area contributed by atoms with Gasteiger partial charge < -0.3 is 0 Å². The molecule has 1 fully saturated rings. The van der Waals surface area contributed by atoms with Crippen LogP contribution in [0, 0.1) is 5.92 Å². The summed E-state index contributed by atoms with van der Waals surface area (Å²) in [6, 6.07) is 1.85. The summed E-state index contributed by atoms with van der Waals surface area (Å²) >= 11 is 0. The SMILES string of the molecule is CC(c1n[nH]c(=O)n1CC1CCCCC1)n1cccn1. The predicted octanol–water partition coefficient (Wildman–Crippen LogP) is 1.96. The molecule has 6 nitrogen and oxygen atoms in total. The number of hydrogen-bond acceptors (Lipinski definition) is 3. The Kier molecular flexibility index (Phi) is 3.71. The molecule has 0 bridgehead atoms. The van der Waals surface area contributed by atoms with Gasteiger partial charge in [-0.3, -0.25) is 9.25 Å². The van der Waals surface area contributed by atoms with Gasteiger partial charge in [-0.05, 0) is 31.7 Å². The van der Waals surface area contributed by atoms with Gasteiger partial charge in [0, 0.05) is 18.9 Å². The second kappa shape index (κ2) is 5.64. The van der Waals surface area contributed by atoms with Gasteiger partial charge in [0.1, 0.15) is 6.04 Å². The lowest BCUT2D eigenvalue weighted by Crippen LogP contribution is -2.26. The topological polar surface area (TPSA) is 68.5 Å². The van der Waals surface area contributed by atoms with E-state index in [4.69, 9.17) is 0 Å². The van der Waals surface area contributed by atoms with Gasteiger partial charge in [0.15, 0.2) is 5.82 Å². The average molecular weight is 275 g/mol. The van der Waals surface area contributed by atoms with E-state index in [1.165, 1.54) is 32.1 Å². The summed E-state index contributed by atoms with van der Waals surface area (Å²) in [7, 11) is 0. The number of nitrogens with zero attached hydrogens (tertiary/aromatic N) is 4. The summed E-state index contributed by atoms with van der Waals surface area (Å²) in [5.74, 6) is 1.37. The fraction of sp³-hybridized carbons (Fsp3) is 0.643. The highest BCUT2D eigenvalue weighted by Gasteiger charge is 2.21. The van der Waals surface area contributed by atoms with Crippen LogP contribution in [0.1, 0.15) is 50.9 Å². The molecule has 0 aromatic carbocycles. The van der Waals surface area contributed by atoms with Crippen LogP contribution in [0.3, 0.4) is 0 Å². The van der Waals surface area contributed by atoms with E-state index in [0.717, 1.165) is 12.4 Å². The highest BCUT2D eigenvalue weighted by atomic mass is 16.1. The molecule has 1 unspecified atom stereocenters. The molecule has 1 atom stereocenters. The fourth-order valence-electron chi connectivity index (χ4n) is 3.08. The Labute approximate surface area is 117 Å². The second-order valence-corrected chi connectivity index (χ2v) is 5.66. The van der Waals surface area contributed by atoms with Gasteiger partial charge in [-0.25, -0.2) is 9.89 Å². The molecular formula is C14H21N5O. The molecule has 2 heterocycles. The lowest BCUT2D eigenvalue weighted by Gasteiger charge is -2.22. The van der Waals surface area contributed by atoms with Crippen LogP contribution in [0.2, 0.25) is 0 Å². The molecule has 1 aliphatic carbocycles. The lowest BCUT2D eigenvalue weighted by molar-refractivity contribution is 0.309. The molecule has 0 saturated heterocycles. The van der Waals surface area contributed by atoms with Crippen molar-refractivity contribution in [3.63, 3.8) is 0 Å². The van der Waals surface area contributed by atoms with E-state index < -0.39 is 0 Å². The molecule has 1 aliphatic rings. The number of H-pyrrole nitrogens is 1. The summed E-state index contributed by atoms with van der Waals surface area (Å²) in [5.41, 5.74) is -0.107. The average Bonchev–Trinajstić information content (AvgIpc) is 3.11. The van der Waals surface area contributed by atoms with Gasteiger partial charge in [-0.15, -0.1) is 0 Å². The Morgan fingerprint density at radius 2 is 2.20 bits per heavy atom. The monoisotopic (exact) mass is 275 g/mol. The van der Waals surface area contributed by atoms with Crippen molar-refractivity contribution in [2.75, 3.05) is 0 Å². The summed E-state index contributed by atoms with van der Waals surface area (Å²) in [6.07, 6.45) is 9.96. The summed E-state index contributed by atoms with van der Waals surface area (Å²) < 4.78 is 3.62. The number of nitrogens with one attached hydrogen (secondary N) is 1. The quantitative estimate of drug-likeness (QED) is 0.927. The molecule has 1 saturated carbocycles.